The van der Waals surface area contributed by atoms with Crippen molar-refractivity contribution in [1.29, 1.82) is 0 Å². The maximum Gasteiger partial charge on any atom is 0.265 e. The van der Waals surface area contributed by atoms with E-state index in [0.717, 1.165) is 0 Å². The Morgan fingerprint density at radius 3 is 2.62 bits per heavy atom. The number of benzene rings is 1. The summed E-state index contributed by atoms with van der Waals surface area (Å²) >= 11 is 0. The average Bonchev–Trinajstić information content (AvgIpc) is 2.19. The molecule has 0 bridgehead atoms. The van der Waals surface area contributed by atoms with Crippen LogP contribution in [0, 0.1) is 0 Å². The van der Waals surface area contributed by atoms with Crippen molar-refractivity contribution in [3.05, 3.63) is 35.9 Å². The van der Waals surface area contributed by atoms with Crippen LogP contribution < -0.4 is 10.9 Å². The third-order valence-electron chi connectivity index (χ3n) is 1.46. The lowest BCUT2D eigenvalue weighted by atomic mass is 10.2. The minimum Gasteiger partial charge on any atom is -0.287 e. The summed E-state index contributed by atoms with van der Waals surface area (Å²) in [4.78, 5) is 11.2. The van der Waals surface area contributed by atoms with E-state index in [4.69, 9.17) is 0 Å². The van der Waals surface area contributed by atoms with Crippen molar-refractivity contribution in [3.63, 3.8) is 0 Å². The molecular weight excluding hydrogens is 171 g/mol. The molecule has 1 aromatic rings. The minimum absolute atomic E-state index is 0.124. The Labute approximate surface area is 75.9 Å². The van der Waals surface area contributed by atoms with Crippen molar-refractivity contribution < 1.29 is 9.18 Å². The number of hydrazine groups is 1. The molecular formula is C9H11FN2O. The molecule has 1 aromatic carbocycles. The topological polar surface area (TPSA) is 41.1 Å². The van der Waals surface area contributed by atoms with Gasteiger partial charge in [0.25, 0.3) is 5.91 Å². The summed E-state index contributed by atoms with van der Waals surface area (Å²) in [6.07, 6.45) is 0. The van der Waals surface area contributed by atoms with Gasteiger partial charge in [-0.05, 0) is 12.1 Å². The summed E-state index contributed by atoms with van der Waals surface area (Å²) in [5.74, 6) is -0.256. The normalized spacial score (nSPS) is 9.62. The van der Waals surface area contributed by atoms with E-state index < -0.39 is 6.67 Å². The number of hydrogen-bond acceptors (Lipinski definition) is 2. The number of hydrogen-bond donors (Lipinski definition) is 2. The van der Waals surface area contributed by atoms with Crippen LogP contribution in [0.4, 0.5) is 4.39 Å². The van der Waals surface area contributed by atoms with Crippen LogP contribution in [-0.4, -0.2) is 19.1 Å². The van der Waals surface area contributed by atoms with Gasteiger partial charge in [0.1, 0.15) is 6.67 Å². The molecule has 0 aliphatic carbocycles. The summed E-state index contributed by atoms with van der Waals surface area (Å²) in [5, 5.41) is 0. The Bertz CT molecular complexity index is 264. The lowest BCUT2D eigenvalue weighted by Crippen LogP contribution is -2.38. The molecule has 1 amide bonds. The van der Waals surface area contributed by atoms with E-state index in [1.165, 1.54) is 0 Å². The zero-order valence-electron chi connectivity index (χ0n) is 7.09. The van der Waals surface area contributed by atoms with Gasteiger partial charge in [-0.3, -0.25) is 10.2 Å². The van der Waals surface area contributed by atoms with Gasteiger partial charge < -0.3 is 0 Å². The first-order chi connectivity index (χ1) is 6.34. The molecule has 0 saturated heterocycles. The molecule has 2 N–H and O–H groups in total. The molecule has 0 saturated carbocycles. The van der Waals surface area contributed by atoms with Gasteiger partial charge >= 0.3 is 0 Å². The Morgan fingerprint density at radius 1 is 1.31 bits per heavy atom. The zero-order chi connectivity index (χ0) is 9.52. The molecule has 0 fully saturated rings. The predicted octanol–water partition coefficient (Wildman–Crippen LogP) is 0.890. The number of amides is 1. The highest BCUT2D eigenvalue weighted by molar-refractivity contribution is 5.93. The molecule has 1 rings (SSSR count). The van der Waals surface area contributed by atoms with E-state index in [0.29, 0.717) is 5.56 Å². The Hall–Kier alpha value is -1.42. The first-order valence-corrected chi connectivity index (χ1v) is 3.99. The molecule has 13 heavy (non-hydrogen) atoms. The number of halogens is 1. The standard InChI is InChI=1S/C9H11FN2O/c10-6-7-11-12-9(13)8-4-2-1-3-5-8/h1-5,11H,6-7H2,(H,12,13). The third kappa shape index (κ3) is 3.21. The van der Waals surface area contributed by atoms with E-state index in [2.05, 4.69) is 10.9 Å². The Kier molecular flexibility index (Phi) is 3.92. The predicted molar refractivity (Wildman–Crippen MR) is 47.9 cm³/mol. The van der Waals surface area contributed by atoms with E-state index in [1.54, 1.807) is 24.3 Å². The fraction of sp³-hybridized carbons (Fsp3) is 0.222. The molecule has 0 aliphatic heterocycles. The molecule has 0 aliphatic rings. The summed E-state index contributed by atoms with van der Waals surface area (Å²) in [6.45, 7) is -0.381. The number of rotatable bonds is 4. The number of carbonyl (C=O) groups is 1. The van der Waals surface area contributed by atoms with Crippen LogP contribution in [0.15, 0.2) is 30.3 Å². The fourth-order valence-corrected chi connectivity index (χ4v) is 0.852. The lowest BCUT2D eigenvalue weighted by Gasteiger charge is -2.04. The molecule has 4 heteroatoms. The molecule has 0 atom stereocenters. The maximum atomic E-state index is 11.6. The monoisotopic (exact) mass is 182 g/mol. The largest absolute Gasteiger partial charge is 0.287 e. The van der Waals surface area contributed by atoms with Crippen molar-refractivity contribution >= 4 is 5.91 Å². The Balaban J connectivity index is 2.40. The van der Waals surface area contributed by atoms with E-state index in [-0.39, 0.29) is 12.5 Å². The van der Waals surface area contributed by atoms with Gasteiger partial charge in [0.05, 0.1) is 0 Å². The summed E-state index contributed by atoms with van der Waals surface area (Å²) in [6, 6.07) is 8.73. The van der Waals surface area contributed by atoms with Gasteiger partial charge in [-0.2, -0.15) is 0 Å². The lowest BCUT2D eigenvalue weighted by molar-refractivity contribution is 0.0932. The third-order valence-corrected chi connectivity index (χ3v) is 1.46. The van der Waals surface area contributed by atoms with Gasteiger partial charge in [-0.25, -0.2) is 9.82 Å². The van der Waals surface area contributed by atoms with Crippen molar-refractivity contribution in [2.24, 2.45) is 0 Å². The van der Waals surface area contributed by atoms with E-state index in [9.17, 15) is 9.18 Å². The van der Waals surface area contributed by atoms with Crippen molar-refractivity contribution in [1.82, 2.24) is 10.9 Å². The van der Waals surface area contributed by atoms with E-state index in [1.807, 2.05) is 6.07 Å². The zero-order valence-corrected chi connectivity index (χ0v) is 7.09. The van der Waals surface area contributed by atoms with Gasteiger partial charge in [-0.15, -0.1) is 0 Å². The number of carbonyl (C=O) groups excluding carboxylic acids is 1. The summed E-state index contributed by atoms with van der Waals surface area (Å²) in [7, 11) is 0. The second kappa shape index (κ2) is 5.27. The van der Waals surface area contributed by atoms with Crippen molar-refractivity contribution in [2.75, 3.05) is 13.2 Å². The first-order valence-electron chi connectivity index (χ1n) is 3.99. The number of nitrogens with one attached hydrogen (secondary N) is 2. The van der Waals surface area contributed by atoms with Crippen LogP contribution in [-0.2, 0) is 0 Å². The van der Waals surface area contributed by atoms with Crippen LogP contribution in [0.3, 0.4) is 0 Å². The van der Waals surface area contributed by atoms with Gasteiger partial charge in [0.2, 0.25) is 0 Å². The Morgan fingerprint density at radius 2 is 2.00 bits per heavy atom. The second-order valence-electron chi connectivity index (χ2n) is 2.44. The van der Waals surface area contributed by atoms with Crippen LogP contribution in [0.5, 0.6) is 0 Å². The van der Waals surface area contributed by atoms with Gasteiger partial charge in [0.15, 0.2) is 0 Å². The second-order valence-corrected chi connectivity index (χ2v) is 2.44. The molecule has 0 heterocycles. The minimum atomic E-state index is -0.505. The summed E-state index contributed by atoms with van der Waals surface area (Å²) < 4.78 is 11.6. The van der Waals surface area contributed by atoms with Crippen LogP contribution in [0.25, 0.3) is 0 Å². The summed E-state index contributed by atoms with van der Waals surface area (Å²) in [5.41, 5.74) is 5.38. The van der Waals surface area contributed by atoms with Crippen LogP contribution >= 0.6 is 0 Å². The SMILES string of the molecule is O=C(NNCCF)c1ccccc1. The highest BCUT2D eigenvalue weighted by atomic mass is 19.1. The first kappa shape index (κ1) is 9.67. The maximum absolute atomic E-state index is 11.6. The molecule has 0 unspecified atom stereocenters. The average molecular weight is 182 g/mol. The molecule has 0 radical (unpaired) electrons. The quantitative estimate of drug-likeness (QED) is 0.536. The highest BCUT2D eigenvalue weighted by Gasteiger charge is 2.01. The molecule has 0 spiro atoms. The van der Waals surface area contributed by atoms with Gasteiger partial charge in [-0.1, -0.05) is 18.2 Å². The van der Waals surface area contributed by atoms with Crippen molar-refractivity contribution in [3.8, 4) is 0 Å². The van der Waals surface area contributed by atoms with E-state index >= 15 is 0 Å². The molecule has 70 valence electrons. The number of alkyl halides is 1. The smallest absolute Gasteiger partial charge is 0.265 e. The molecule has 3 nitrogen and oxygen atoms in total. The van der Waals surface area contributed by atoms with Crippen molar-refractivity contribution in [2.45, 2.75) is 0 Å². The van der Waals surface area contributed by atoms with Crippen LogP contribution in [0.1, 0.15) is 10.4 Å². The fourth-order valence-electron chi connectivity index (χ4n) is 0.852. The highest BCUT2D eigenvalue weighted by Crippen LogP contribution is 1.96. The molecule has 0 aromatic heterocycles. The van der Waals surface area contributed by atoms with Gasteiger partial charge in [0, 0.05) is 12.1 Å². The van der Waals surface area contributed by atoms with Crippen LogP contribution in [0.2, 0.25) is 0 Å².